The minimum Gasteiger partial charge on any atom is -0.312 e. The van der Waals surface area contributed by atoms with Crippen LogP contribution in [0, 0.1) is 6.92 Å². The Morgan fingerprint density at radius 2 is 2.15 bits per heavy atom. The monoisotopic (exact) mass is 314 g/mol. The van der Waals surface area contributed by atoms with Gasteiger partial charge in [-0.2, -0.15) is 4.31 Å². The van der Waals surface area contributed by atoms with Crippen LogP contribution in [0.3, 0.4) is 0 Å². The van der Waals surface area contributed by atoms with E-state index in [1.807, 2.05) is 20.8 Å². The first-order chi connectivity index (χ1) is 9.45. The molecule has 0 bridgehead atoms. The number of hydrogen-bond donors (Lipinski definition) is 1. The molecule has 0 aliphatic carbocycles. The molecule has 2 heterocycles. The Hall–Kier alpha value is -0.690. The first kappa shape index (κ1) is 15.7. The van der Waals surface area contributed by atoms with Gasteiger partial charge in [-0.1, -0.05) is 18.6 Å². The highest BCUT2D eigenvalue weighted by Crippen LogP contribution is 2.29. The Labute approximate surface area is 125 Å². The van der Waals surface area contributed by atoms with Crippen LogP contribution >= 0.6 is 11.3 Å². The van der Waals surface area contributed by atoms with E-state index in [0.29, 0.717) is 17.3 Å². The normalized spacial score (nSPS) is 17.2. The summed E-state index contributed by atoms with van der Waals surface area (Å²) in [6.45, 7) is 8.73. The highest BCUT2D eigenvalue weighted by Gasteiger charge is 2.28. The standard InChI is InChI=1S/C14H22N2O2S2/c1-4-15-9-13-12(3)8-14(19-13)20(17,18)16-7-5-6-11(2)10-16/h6,8,15H,4-5,7,9-10H2,1-3H3. The number of thiophene rings is 1. The van der Waals surface area contributed by atoms with Crippen molar-refractivity contribution >= 4 is 21.4 Å². The molecule has 4 nitrogen and oxygen atoms in total. The van der Waals surface area contributed by atoms with Gasteiger partial charge in [-0.05, 0) is 38.4 Å². The predicted molar refractivity (Wildman–Crippen MR) is 83.6 cm³/mol. The first-order valence-electron chi connectivity index (χ1n) is 6.91. The van der Waals surface area contributed by atoms with Crippen LogP contribution in [0.2, 0.25) is 0 Å². The molecule has 0 fully saturated rings. The molecule has 0 aromatic carbocycles. The topological polar surface area (TPSA) is 49.4 Å². The summed E-state index contributed by atoms with van der Waals surface area (Å²) in [4.78, 5) is 1.11. The highest BCUT2D eigenvalue weighted by atomic mass is 32.2. The molecule has 0 saturated heterocycles. The minimum absolute atomic E-state index is 0.470. The molecule has 20 heavy (non-hydrogen) atoms. The molecule has 0 atom stereocenters. The maximum Gasteiger partial charge on any atom is 0.252 e. The van der Waals surface area contributed by atoms with E-state index >= 15 is 0 Å². The maximum atomic E-state index is 12.7. The van der Waals surface area contributed by atoms with E-state index < -0.39 is 10.0 Å². The summed E-state index contributed by atoms with van der Waals surface area (Å²) in [5.41, 5.74) is 2.18. The molecule has 0 radical (unpaired) electrons. The molecule has 0 amide bonds. The Morgan fingerprint density at radius 3 is 2.80 bits per heavy atom. The van der Waals surface area contributed by atoms with Gasteiger partial charge in [0.05, 0.1) is 0 Å². The van der Waals surface area contributed by atoms with Crippen LogP contribution < -0.4 is 5.32 Å². The molecule has 1 aliphatic rings. The van der Waals surface area contributed by atoms with E-state index in [4.69, 9.17) is 0 Å². The molecule has 6 heteroatoms. The largest absolute Gasteiger partial charge is 0.312 e. The minimum atomic E-state index is -3.34. The van der Waals surface area contributed by atoms with E-state index in [1.54, 1.807) is 10.4 Å². The molecular formula is C14H22N2O2S2. The van der Waals surface area contributed by atoms with Crippen LogP contribution in [0.4, 0.5) is 0 Å². The van der Waals surface area contributed by atoms with E-state index in [9.17, 15) is 8.42 Å². The van der Waals surface area contributed by atoms with Crippen LogP contribution in [0.5, 0.6) is 0 Å². The molecule has 1 aromatic heterocycles. The van der Waals surface area contributed by atoms with E-state index in [1.165, 1.54) is 11.3 Å². The third kappa shape index (κ3) is 3.31. The van der Waals surface area contributed by atoms with Gasteiger partial charge in [0.1, 0.15) is 4.21 Å². The fourth-order valence-electron chi connectivity index (χ4n) is 2.24. The average Bonchev–Trinajstić information content (AvgIpc) is 2.78. The summed E-state index contributed by atoms with van der Waals surface area (Å²) >= 11 is 1.39. The van der Waals surface area contributed by atoms with Crippen molar-refractivity contribution in [3.8, 4) is 0 Å². The zero-order valence-corrected chi connectivity index (χ0v) is 13.9. The molecule has 1 N–H and O–H groups in total. The third-order valence-corrected chi connectivity index (χ3v) is 6.96. The summed E-state index contributed by atoms with van der Waals surface area (Å²) in [5, 5.41) is 3.25. The second kappa shape index (κ2) is 6.39. The first-order valence-corrected chi connectivity index (χ1v) is 9.16. The quantitative estimate of drug-likeness (QED) is 0.850. The molecule has 2 rings (SSSR count). The number of hydrogen-bond acceptors (Lipinski definition) is 4. The Balaban J connectivity index is 2.23. The van der Waals surface area contributed by atoms with Gasteiger partial charge in [0, 0.05) is 24.5 Å². The zero-order valence-electron chi connectivity index (χ0n) is 12.3. The fourth-order valence-corrected chi connectivity index (χ4v) is 5.45. The van der Waals surface area contributed by atoms with Crippen molar-refractivity contribution in [1.29, 1.82) is 0 Å². The summed E-state index contributed by atoms with van der Waals surface area (Å²) in [5.74, 6) is 0. The molecule has 112 valence electrons. The lowest BCUT2D eigenvalue weighted by Gasteiger charge is -2.24. The van der Waals surface area contributed by atoms with Crippen molar-refractivity contribution in [3.05, 3.63) is 28.2 Å². The van der Waals surface area contributed by atoms with Crippen LogP contribution in [-0.2, 0) is 16.6 Å². The van der Waals surface area contributed by atoms with Gasteiger partial charge >= 0.3 is 0 Å². The fraction of sp³-hybridized carbons (Fsp3) is 0.571. The maximum absolute atomic E-state index is 12.7. The SMILES string of the molecule is CCNCc1sc(S(=O)(=O)N2CCC=C(C)C2)cc1C. The molecule has 0 saturated carbocycles. The van der Waals surface area contributed by atoms with Crippen LogP contribution in [0.25, 0.3) is 0 Å². The molecule has 1 aromatic rings. The number of rotatable bonds is 5. The van der Waals surface area contributed by atoms with Gasteiger partial charge in [0.25, 0.3) is 10.0 Å². The lowest BCUT2D eigenvalue weighted by atomic mass is 10.2. The average molecular weight is 314 g/mol. The predicted octanol–water partition coefficient (Wildman–Crippen LogP) is 2.51. The van der Waals surface area contributed by atoms with Gasteiger partial charge in [-0.15, -0.1) is 11.3 Å². The number of aryl methyl sites for hydroxylation is 1. The van der Waals surface area contributed by atoms with E-state index in [-0.39, 0.29) is 0 Å². The Morgan fingerprint density at radius 1 is 1.40 bits per heavy atom. The summed E-state index contributed by atoms with van der Waals surface area (Å²) in [6, 6.07) is 1.81. The molecule has 0 unspecified atom stereocenters. The van der Waals surface area contributed by atoms with Crippen molar-refractivity contribution in [2.45, 2.75) is 37.9 Å². The van der Waals surface area contributed by atoms with Crippen LogP contribution in [-0.4, -0.2) is 32.4 Å². The smallest absolute Gasteiger partial charge is 0.252 e. The van der Waals surface area contributed by atoms with Gasteiger partial charge in [-0.3, -0.25) is 0 Å². The molecule has 1 aliphatic heterocycles. The van der Waals surface area contributed by atoms with Crippen LogP contribution in [0.15, 0.2) is 21.9 Å². The number of nitrogens with one attached hydrogen (secondary N) is 1. The molecule has 0 spiro atoms. The van der Waals surface area contributed by atoms with Gasteiger partial charge in [0.15, 0.2) is 0 Å². The highest BCUT2D eigenvalue weighted by molar-refractivity contribution is 7.91. The van der Waals surface area contributed by atoms with Crippen molar-refractivity contribution in [3.63, 3.8) is 0 Å². The summed E-state index contributed by atoms with van der Waals surface area (Å²) in [6.07, 6.45) is 2.92. The second-order valence-electron chi connectivity index (χ2n) is 5.13. The van der Waals surface area contributed by atoms with Gasteiger partial charge in [-0.25, -0.2) is 8.42 Å². The second-order valence-corrected chi connectivity index (χ2v) is 8.43. The van der Waals surface area contributed by atoms with Crippen molar-refractivity contribution in [2.24, 2.45) is 0 Å². The lowest BCUT2D eigenvalue weighted by molar-refractivity contribution is 0.429. The lowest BCUT2D eigenvalue weighted by Crippen LogP contribution is -2.34. The summed E-state index contributed by atoms with van der Waals surface area (Å²) < 4.78 is 27.4. The number of nitrogens with zero attached hydrogens (tertiary/aromatic N) is 1. The zero-order chi connectivity index (χ0) is 14.8. The van der Waals surface area contributed by atoms with Crippen molar-refractivity contribution < 1.29 is 8.42 Å². The number of sulfonamides is 1. The molecular weight excluding hydrogens is 292 g/mol. The van der Waals surface area contributed by atoms with E-state index in [2.05, 4.69) is 11.4 Å². The van der Waals surface area contributed by atoms with Crippen molar-refractivity contribution in [1.82, 2.24) is 9.62 Å². The van der Waals surface area contributed by atoms with Crippen molar-refractivity contribution in [2.75, 3.05) is 19.6 Å². The van der Waals surface area contributed by atoms with E-state index in [0.717, 1.165) is 35.5 Å². The third-order valence-electron chi connectivity index (χ3n) is 3.42. The van der Waals surface area contributed by atoms with Crippen LogP contribution in [0.1, 0.15) is 30.7 Å². The Kier molecular flexibility index (Phi) is 5.01. The summed E-state index contributed by atoms with van der Waals surface area (Å²) in [7, 11) is -3.34. The van der Waals surface area contributed by atoms with Gasteiger partial charge in [0.2, 0.25) is 0 Å². The van der Waals surface area contributed by atoms with Gasteiger partial charge < -0.3 is 5.32 Å². The Bertz CT molecular complexity index is 603.